The van der Waals surface area contributed by atoms with Crippen LogP contribution in [0.15, 0.2) is 36.7 Å². The predicted molar refractivity (Wildman–Crippen MR) is 102 cm³/mol. The molecule has 1 fully saturated rings. The van der Waals surface area contributed by atoms with Gasteiger partial charge in [0, 0.05) is 16.6 Å². The van der Waals surface area contributed by atoms with Crippen LogP contribution in [-0.2, 0) is 0 Å². The monoisotopic (exact) mass is 388 g/mol. The van der Waals surface area contributed by atoms with Crippen molar-refractivity contribution in [3.63, 3.8) is 0 Å². The average molecular weight is 388 g/mol. The van der Waals surface area contributed by atoms with Crippen LogP contribution in [0.5, 0.6) is 0 Å². The maximum Gasteiger partial charge on any atom is 0.269 e. The zero-order valence-corrected chi connectivity index (χ0v) is 15.5. The van der Waals surface area contributed by atoms with E-state index in [9.17, 15) is 9.18 Å². The van der Waals surface area contributed by atoms with Crippen LogP contribution in [-0.4, -0.2) is 29.0 Å². The summed E-state index contributed by atoms with van der Waals surface area (Å²) in [6.07, 6.45) is 5.52. The van der Waals surface area contributed by atoms with Gasteiger partial charge in [0.1, 0.15) is 15.7 Å². The molecule has 1 saturated heterocycles. The third-order valence-corrected chi connectivity index (χ3v) is 6.42. The van der Waals surface area contributed by atoms with E-state index < -0.39 is 0 Å². The van der Waals surface area contributed by atoms with Gasteiger partial charge in [-0.2, -0.15) is 0 Å². The van der Waals surface area contributed by atoms with Crippen molar-refractivity contribution in [3.05, 3.63) is 52.2 Å². The smallest absolute Gasteiger partial charge is 0.269 e. The largest absolute Gasteiger partial charge is 0.317 e. The number of piperidine rings is 1. The van der Waals surface area contributed by atoms with Gasteiger partial charge in [0.2, 0.25) is 0 Å². The van der Waals surface area contributed by atoms with Gasteiger partial charge in [-0.1, -0.05) is 12.1 Å². The maximum absolute atomic E-state index is 13.9. The number of rotatable bonds is 4. The van der Waals surface area contributed by atoms with E-state index in [4.69, 9.17) is 0 Å². The van der Waals surface area contributed by atoms with Crippen LogP contribution in [0, 0.1) is 5.82 Å². The molecule has 134 valence electrons. The third-order valence-electron chi connectivity index (χ3n) is 4.32. The molecule has 0 atom stereocenters. The van der Waals surface area contributed by atoms with E-state index in [0.717, 1.165) is 25.9 Å². The van der Waals surface area contributed by atoms with Gasteiger partial charge in [-0.25, -0.2) is 14.4 Å². The molecule has 5 nitrogen and oxygen atoms in total. The van der Waals surface area contributed by atoms with Gasteiger partial charge >= 0.3 is 0 Å². The quantitative estimate of drug-likeness (QED) is 0.705. The highest BCUT2D eigenvalue weighted by Crippen LogP contribution is 2.32. The lowest BCUT2D eigenvalue weighted by Crippen LogP contribution is -2.26. The fourth-order valence-electron chi connectivity index (χ4n) is 2.94. The van der Waals surface area contributed by atoms with E-state index >= 15 is 0 Å². The normalized spacial score (nSPS) is 15.1. The van der Waals surface area contributed by atoms with Crippen LogP contribution in [0.1, 0.15) is 33.3 Å². The van der Waals surface area contributed by atoms with Gasteiger partial charge in [0.15, 0.2) is 5.13 Å². The Kier molecular flexibility index (Phi) is 5.05. The minimum absolute atomic E-state index is 0.267. The molecule has 1 amide bonds. The van der Waals surface area contributed by atoms with Crippen LogP contribution in [0.25, 0.3) is 10.6 Å². The number of aromatic nitrogens is 2. The third kappa shape index (κ3) is 3.67. The molecule has 2 N–H and O–H groups in total. The van der Waals surface area contributed by atoms with Crippen molar-refractivity contribution in [1.29, 1.82) is 0 Å². The number of amides is 1. The second kappa shape index (κ2) is 7.61. The number of thiazole rings is 2. The SMILES string of the molecule is O=C(Nc1ncc(C2CCNCC2)s1)c1cnc(-c2ccccc2F)s1. The first-order valence-electron chi connectivity index (χ1n) is 8.39. The molecule has 0 bridgehead atoms. The molecule has 0 saturated carbocycles. The molecule has 0 spiro atoms. The van der Waals surface area contributed by atoms with Crippen LogP contribution < -0.4 is 10.6 Å². The zero-order valence-electron chi connectivity index (χ0n) is 13.9. The fourth-order valence-corrected chi connectivity index (χ4v) is 4.76. The Morgan fingerprint density at radius 2 is 1.96 bits per heavy atom. The molecule has 0 unspecified atom stereocenters. The molecule has 1 aliphatic heterocycles. The maximum atomic E-state index is 13.9. The Balaban J connectivity index is 1.46. The summed E-state index contributed by atoms with van der Waals surface area (Å²) in [4.78, 5) is 22.6. The molecule has 4 rings (SSSR count). The van der Waals surface area contributed by atoms with E-state index in [1.54, 1.807) is 18.2 Å². The highest BCUT2D eigenvalue weighted by Gasteiger charge is 2.19. The molecule has 1 aromatic carbocycles. The lowest BCUT2D eigenvalue weighted by molar-refractivity contribution is 0.103. The van der Waals surface area contributed by atoms with Crippen LogP contribution in [0.4, 0.5) is 9.52 Å². The summed E-state index contributed by atoms with van der Waals surface area (Å²) in [5.41, 5.74) is 0.402. The molecule has 1 aliphatic rings. The van der Waals surface area contributed by atoms with Gasteiger partial charge in [0.05, 0.1) is 6.20 Å². The van der Waals surface area contributed by atoms with Gasteiger partial charge in [0.25, 0.3) is 5.91 Å². The minimum atomic E-state index is -0.347. The molecule has 3 heterocycles. The van der Waals surface area contributed by atoms with Gasteiger partial charge in [-0.3, -0.25) is 10.1 Å². The number of nitrogens with one attached hydrogen (secondary N) is 2. The van der Waals surface area contributed by atoms with Crippen molar-refractivity contribution in [3.8, 4) is 10.6 Å². The van der Waals surface area contributed by atoms with E-state index in [-0.39, 0.29) is 11.7 Å². The van der Waals surface area contributed by atoms with E-state index in [2.05, 4.69) is 20.6 Å². The standard InChI is InChI=1S/C18H17FN4OS2/c19-13-4-2-1-3-12(13)17-21-10-15(25-17)16(24)23-18-22-9-14(26-18)11-5-7-20-8-6-11/h1-4,9-11,20H,5-8H2,(H,22,23,24). The fraction of sp³-hybridized carbons (Fsp3) is 0.278. The highest BCUT2D eigenvalue weighted by molar-refractivity contribution is 7.17. The topological polar surface area (TPSA) is 66.9 Å². The van der Waals surface area contributed by atoms with Crippen LogP contribution in [0.3, 0.4) is 0 Å². The number of halogens is 1. The molecule has 2 aromatic heterocycles. The summed E-state index contributed by atoms with van der Waals surface area (Å²) < 4.78 is 13.9. The van der Waals surface area contributed by atoms with Crippen molar-refractivity contribution >= 4 is 33.7 Å². The Morgan fingerprint density at radius 3 is 2.77 bits per heavy atom. The summed E-state index contributed by atoms with van der Waals surface area (Å²) in [6.45, 7) is 2.04. The van der Waals surface area contributed by atoms with Gasteiger partial charge in [-0.05, 0) is 44.0 Å². The highest BCUT2D eigenvalue weighted by atomic mass is 32.1. The molecule has 26 heavy (non-hydrogen) atoms. The Bertz CT molecular complexity index is 917. The minimum Gasteiger partial charge on any atom is -0.317 e. The lowest BCUT2D eigenvalue weighted by atomic mass is 9.97. The molecule has 3 aromatic rings. The summed E-state index contributed by atoms with van der Waals surface area (Å²) in [7, 11) is 0. The number of benzene rings is 1. The first-order valence-corrected chi connectivity index (χ1v) is 10.0. The van der Waals surface area contributed by atoms with Crippen molar-refractivity contribution in [2.45, 2.75) is 18.8 Å². The average Bonchev–Trinajstić information content (AvgIpc) is 3.33. The van der Waals surface area contributed by atoms with Crippen molar-refractivity contribution < 1.29 is 9.18 Å². The van der Waals surface area contributed by atoms with Crippen LogP contribution in [0.2, 0.25) is 0 Å². The number of hydrogen-bond donors (Lipinski definition) is 2. The number of carbonyl (C=O) groups excluding carboxylic acids is 1. The summed E-state index contributed by atoms with van der Waals surface area (Å²) in [6, 6.07) is 6.41. The summed E-state index contributed by atoms with van der Waals surface area (Å²) in [5.74, 6) is -0.105. The molecular formula is C18H17FN4OS2. The van der Waals surface area contributed by atoms with Crippen LogP contribution >= 0.6 is 22.7 Å². The van der Waals surface area contributed by atoms with Crippen molar-refractivity contribution in [2.75, 3.05) is 18.4 Å². The second-order valence-corrected chi connectivity index (χ2v) is 8.15. The summed E-state index contributed by atoms with van der Waals surface area (Å²) >= 11 is 2.69. The van der Waals surface area contributed by atoms with Gasteiger partial charge < -0.3 is 5.32 Å². The molecule has 0 radical (unpaired) electrons. The number of anilines is 1. The van der Waals surface area contributed by atoms with Crippen molar-refractivity contribution in [2.24, 2.45) is 0 Å². The molecular weight excluding hydrogens is 371 g/mol. The number of hydrogen-bond acceptors (Lipinski definition) is 6. The lowest BCUT2D eigenvalue weighted by Gasteiger charge is -2.20. The Morgan fingerprint density at radius 1 is 1.15 bits per heavy atom. The zero-order chi connectivity index (χ0) is 17.9. The first kappa shape index (κ1) is 17.3. The first-order chi connectivity index (χ1) is 12.7. The predicted octanol–water partition coefficient (Wildman–Crippen LogP) is 4.13. The Hall–Kier alpha value is -2.16. The number of nitrogens with zero attached hydrogens (tertiary/aromatic N) is 2. The van der Waals surface area contributed by atoms with E-state index in [1.807, 2.05) is 6.20 Å². The number of carbonyl (C=O) groups is 1. The molecule has 0 aliphatic carbocycles. The summed E-state index contributed by atoms with van der Waals surface area (Å²) in [5, 5.41) is 7.25. The van der Waals surface area contributed by atoms with Gasteiger partial charge in [-0.15, -0.1) is 22.7 Å². The van der Waals surface area contributed by atoms with E-state index in [0.29, 0.717) is 26.5 Å². The Labute approximate surface area is 158 Å². The second-order valence-electron chi connectivity index (χ2n) is 6.06. The van der Waals surface area contributed by atoms with E-state index in [1.165, 1.54) is 39.8 Å². The molecule has 8 heteroatoms. The van der Waals surface area contributed by atoms with Crippen molar-refractivity contribution in [1.82, 2.24) is 15.3 Å².